The number of anilines is 2. The van der Waals surface area contributed by atoms with Crippen LogP contribution in [0.5, 0.6) is 0 Å². The number of rotatable bonds is 4. The van der Waals surface area contributed by atoms with Gasteiger partial charge in [0.2, 0.25) is 11.8 Å². The second-order valence-corrected chi connectivity index (χ2v) is 10.8. The molecule has 2 N–H and O–H groups in total. The molecule has 0 saturated heterocycles. The molecule has 0 saturated carbocycles. The monoisotopic (exact) mass is 568 g/mol. The number of amides is 2. The summed E-state index contributed by atoms with van der Waals surface area (Å²) in [7, 11) is 0. The first-order chi connectivity index (χ1) is 19.4. The molecule has 4 aromatic rings. The van der Waals surface area contributed by atoms with Crippen molar-refractivity contribution in [3.8, 4) is 0 Å². The quantitative estimate of drug-likeness (QED) is 0.242. The van der Waals surface area contributed by atoms with Crippen LogP contribution in [0.3, 0.4) is 0 Å². The van der Waals surface area contributed by atoms with Crippen LogP contribution in [0.1, 0.15) is 59.1 Å². The minimum atomic E-state index is 0.0674. The molecule has 202 valence electrons. The molecule has 4 aromatic carbocycles. The van der Waals surface area contributed by atoms with Crippen molar-refractivity contribution >= 4 is 58.5 Å². The molecule has 40 heavy (non-hydrogen) atoms. The van der Waals surface area contributed by atoms with Crippen LogP contribution >= 0.6 is 23.2 Å². The highest BCUT2D eigenvalue weighted by Gasteiger charge is 2.23. The molecule has 0 spiro atoms. The summed E-state index contributed by atoms with van der Waals surface area (Å²) in [5.41, 5.74) is 8.56. The van der Waals surface area contributed by atoms with Crippen LogP contribution in [0.2, 0.25) is 10.0 Å². The van der Waals surface area contributed by atoms with E-state index in [0.717, 1.165) is 51.5 Å². The van der Waals surface area contributed by atoms with Crippen LogP contribution in [-0.2, 0) is 22.4 Å². The molecule has 0 bridgehead atoms. The van der Waals surface area contributed by atoms with E-state index in [1.165, 1.54) is 11.1 Å². The fraction of sp³-hybridized carbons (Fsp3) is 0.176. The summed E-state index contributed by atoms with van der Waals surface area (Å²) in [6, 6.07) is 27.9. The molecule has 4 nitrogen and oxygen atoms in total. The number of fused-ring (bicyclic) bond motifs is 2. The van der Waals surface area contributed by atoms with Crippen LogP contribution in [0, 0.1) is 0 Å². The molecule has 6 heteroatoms. The Morgan fingerprint density at radius 3 is 1.85 bits per heavy atom. The largest absolute Gasteiger partial charge is 0.326 e. The van der Waals surface area contributed by atoms with Gasteiger partial charge in [0.05, 0.1) is 0 Å². The zero-order valence-corrected chi connectivity index (χ0v) is 23.7. The molecule has 2 aliphatic heterocycles. The summed E-state index contributed by atoms with van der Waals surface area (Å²) in [6.07, 6.45) is 6.59. The highest BCUT2D eigenvalue weighted by Crippen LogP contribution is 2.38. The Bertz CT molecular complexity index is 1570. The van der Waals surface area contributed by atoms with Crippen molar-refractivity contribution in [1.29, 1.82) is 0 Å². The summed E-state index contributed by atoms with van der Waals surface area (Å²) in [5.74, 6) is 0.365. The van der Waals surface area contributed by atoms with Crippen molar-refractivity contribution in [3.63, 3.8) is 0 Å². The maximum absolute atomic E-state index is 11.5. The van der Waals surface area contributed by atoms with Gasteiger partial charge in [-0.15, -0.1) is 0 Å². The second kappa shape index (κ2) is 12.5. The summed E-state index contributed by atoms with van der Waals surface area (Å²) in [4.78, 5) is 23.0. The highest BCUT2D eigenvalue weighted by atomic mass is 35.5. The fourth-order valence-corrected chi connectivity index (χ4v) is 5.83. The van der Waals surface area contributed by atoms with E-state index in [-0.39, 0.29) is 17.7 Å². The third-order valence-electron chi connectivity index (χ3n) is 7.33. The Balaban J connectivity index is 0.000000161. The Kier molecular flexibility index (Phi) is 8.69. The lowest BCUT2D eigenvalue weighted by molar-refractivity contribution is -0.117. The molecule has 2 aliphatic rings. The first kappa shape index (κ1) is 27.7. The van der Waals surface area contributed by atoms with E-state index in [0.29, 0.717) is 17.9 Å². The lowest BCUT2D eigenvalue weighted by atomic mass is 9.86. The second-order valence-electron chi connectivity index (χ2n) is 9.95. The van der Waals surface area contributed by atoms with Gasteiger partial charge in [-0.1, -0.05) is 103 Å². The van der Waals surface area contributed by atoms with Crippen molar-refractivity contribution in [3.05, 3.63) is 128 Å². The Labute approximate surface area is 245 Å². The number of hydrogen-bond donors (Lipinski definition) is 2. The SMILES string of the molecule is CC(c1ccccc1)c1c(Cl)ccc2c1CCC(=O)N2.O=C1CCc2c(ccc(Cl)c2/C=C/c2ccccc2)N1. The molecular weight excluding hydrogens is 539 g/mol. The molecule has 1 unspecified atom stereocenters. The maximum Gasteiger partial charge on any atom is 0.224 e. The van der Waals surface area contributed by atoms with Crippen molar-refractivity contribution < 1.29 is 9.59 Å². The molecule has 1 atom stereocenters. The van der Waals surface area contributed by atoms with Gasteiger partial charge in [-0.25, -0.2) is 0 Å². The van der Waals surface area contributed by atoms with Crippen molar-refractivity contribution in [1.82, 2.24) is 0 Å². The van der Waals surface area contributed by atoms with Crippen LogP contribution in [0.4, 0.5) is 11.4 Å². The number of halogens is 2. The molecule has 6 rings (SSSR count). The predicted octanol–water partition coefficient (Wildman–Crippen LogP) is 8.77. The molecule has 0 fully saturated rings. The van der Waals surface area contributed by atoms with E-state index < -0.39 is 0 Å². The molecule has 0 aromatic heterocycles. The zero-order chi connectivity index (χ0) is 28.1. The summed E-state index contributed by atoms with van der Waals surface area (Å²) < 4.78 is 0. The van der Waals surface area contributed by atoms with E-state index in [1.807, 2.05) is 84.9 Å². The Morgan fingerprint density at radius 1 is 0.650 bits per heavy atom. The lowest BCUT2D eigenvalue weighted by Gasteiger charge is -2.24. The van der Waals surface area contributed by atoms with E-state index >= 15 is 0 Å². The first-order valence-electron chi connectivity index (χ1n) is 13.4. The van der Waals surface area contributed by atoms with Gasteiger partial charge in [-0.05, 0) is 70.5 Å². The average molecular weight is 570 g/mol. The number of hydrogen-bond acceptors (Lipinski definition) is 2. The Morgan fingerprint density at radius 2 is 1.20 bits per heavy atom. The van der Waals surface area contributed by atoms with Gasteiger partial charge in [0.25, 0.3) is 0 Å². The number of benzene rings is 4. The van der Waals surface area contributed by atoms with Gasteiger partial charge in [-0.3, -0.25) is 9.59 Å². The minimum Gasteiger partial charge on any atom is -0.326 e. The average Bonchev–Trinajstić information content (AvgIpc) is 2.98. The Hall–Kier alpha value is -3.86. The van der Waals surface area contributed by atoms with Gasteiger partial charge in [0, 0.05) is 40.2 Å². The van der Waals surface area contributed by atoms with E-state index in [1.54, 1.807) is 0 Å². The number of carbonyl (C=O) groups excluding carboxylic acids is 2. The van der Waals surface area contributed by atoms with E-state index in [2.05, 4.69) is 29.7 Å². The summed E-state index contributed by atoms with van der Waals surface area (Å²) in [6.45, 7) is 2.16. The van der Waals surface area contributed by atoms with E-state index in [4.69, 9.17) is 23.2 Å². The van der Waals surface area contributed by atoms with Crippen molar-refractivity contribution in [2.24, 2.45) is 0 Å². The number of nitrogens with one attached hydrogen (secondary N) is 2. The van der Waals surface area contributed by atoms with Crippen LogP contribution < -0.4 is 10.6 Å². The van der Waals surface area contributed by atoms with Crippen molar-refractivity contribution in [2.75, 3.05) is 10.6 Å². The highest BCUT2D eigenvalue weighted by molar-refractivity contribution is 6.32. The first-order valence-corrected chi connectivity index (χ1v) is 14.2. The third kappa shape index (κ3) is 6.30. The molecule has 2 heterocycles. The molecule has 2 amide bonds. The van der Waals surface area contributed by atoms with Crippen LogP contribution in [0.25, 0.3) is 12.2 Å². The van der Waals surface area contributed by atoms with Crippen molar-refractivity contribution in [2.45, 2.75) is 38.5 Å². The van der Waals surface area contributed by atoms with Gasteiger partial charge in [-0.2, -0.15) is 0 Å². The standard InChI is InChI=1S/C17H16ClNO.C17H14ClNO/c1-11(12-5-3-2-4-6-12)17-13-7-10-16(20)19-15(13)9-8-14(17)18;18-15-9-10-16-14(8-11-17(20)19-16)13(15)7-6-12-4-2-1-3-5-12/h2-6,8-9,11H,7,10H2,1H3,(H,19,20);1-7,9-10H,8,11H2,(H,19,20)/b;7-6+. The van der Waals surface area contributed by atoms with Crippen LogP contribution in [0.15, 0.2) is 84.9 Å². The maximum atomic E-state index is 11.5. The van der Waals surface area contributed by atoms with Crippen LogP contribution in [-0.4, -0.2) is 11.8 Å². The van der Waals surface area contributed by atoms with Gasteiger partial charge in [0.15, 0.2) is 0 Å². The third-order valence-corrected chi connectivity index (χ3v) is 7.99. The van der Waals surface area contributed by atoms with Gasteiger partial charge in [0.1, 0.15) is 0 Å². The minimum absolute atomic E-state index is 0.0674. The topological polar surface area (TPSA) is 58.2 Å². The molecule has 0 aliphatic carbocycles. The molecule has 0 radical (unpaired) electrons. The van der Waals surface area contributed by atoms with E-state index in [9.17, 15) is 9.59 Å². The van der Waals surface area contributed by atoms with Gasteiger partial charge >= 0.3 is 0 Å². The normalized spacial score (nSPS) is 14.8. The smallest absolute Gasteiger partial charge is 0.224 e. The van der Waals surface area contributed by atoms with Gasteiger partial charge < -0.3 is 10.6 Å². The summed E-state index contributed by atoms with van der Waals surface area (Å²) in [5, 5.41) is 7.32. The molecular formula is C34H30Cl2N2O2. The predicted molar refractivity (Wildman–Crippen MR) is 166 cm³/mol. The fourth-order valence-electron chi connectivity index (χ4n) is 5.25. The summed E-state index contributed by atoms with van der Waals surface area (Å²) >= 11 is 12.7. The lowest BCUT2D eigenvalue weighted by Crippen LogP contribution is -2.20. The number of carbonyl (C=O) groups is 2. The zero-order valence-electron chi connectivity index (χ0n) is 22.2.